The lowest BCUT2D eigenvalue weighted by Gasteiger charge is -2.23. The molecule has 1 aromatic rings. The predicted octanol–water partition coefficient (Wildman–Crippen LogP) is 4.33. The maximum atomic E-state index is 12.1. The number of nitrogens with two attached hydrogens (primary N) is 1. The van der Waals surface area contributed by atoms with E-state index in [9.17, 15) is 4.79 Å². The summed E-state index contributed by atoms with van der Waals surface area (Å²) in [5, 5.41) is 0.768. The molecule has 0 aliphatic heterocycles. The molecule has 0 aliphatic carbocycles. The Bertz CT molecular complexity index is 430. The van der Waals surface area contributed by atoms with Crippen LogP contribution >= 0.6 is 23.2 Å². The van der Waals surface area contributed by atoms with Gasteiger partial charge in [-0.05, 0) is 36.9 Å². The van der Waals surface area contributed by atoms with Gasteiger partial charge in [0.15, 0.2) is 5.78 Å². The van der Waals surface area contributed by atoms with Crippen molar-refractivity contribution in [1.82, 2.24) is 0 Å². The fourth-order valence-electron chi connectivity index (χ4n) is 1.82. The van der Waals surface area contributed by atoms with E-state index in [-0.39, 0.29) is 11.2 Å². The van der Waals surface area contributed by atoms with Gasteiger partial charge in [0.05, 0.1) is 10.0 Å². The van der Waals surface area contributed by atoms with E-state index in [1.807, 2.05) is 0 Å². The summed E-state index contributed by atoms with van der Waals surface area (Å²) in [5.41, 5.74) is 6.14. The van der Waals surface area contributed by atoms with Crippen LogP contribution in [0, 0.1) is 5.41 Å². The molecule has 0 heterocycles. The van der Waals surface area contributed by atoms with Crippen LogP contribution in [0.2, 0.25) is 10.0 Å². The Morgan fingerprint density at radius 1 is 1.28 bits per heavy atom. The molecule has 4 heteroatoms. The molecule has 0 bridgehead atoms. The minimum Gasteiger partial charge on any atom is -0.330 e. The minimum absolute atomic E-state index is 0.0348. The summed E-state index contributed by atoms with van der Waals surface area (Å²) in [6, 6.07) is 5.14. The molecule has 0 unspecified atom stereocenters. The lowest BCUT2D eigenvalue weighted by Crippen LogP contribution is -2.18. The van der Waals surface area contributed by atoms with Crippen LogP contribution in [0.3, 0.4) is 0 Å². The zero-order valence-corrected chi connectivity index (χ0v) is 12.3. The Hall–Kier alpha value is -0.570. The minimum atomic E-state index is 0.0348. The lowest BCUT2D eigenvalue weighted by molar-refractivity contribution is 0.0962. The number of hydrogen-bond donors (Lipinski definition) is 1. The van der Waals surface area contributed by atoms with Crippen molar-refractivity contribution >= 4 is 29.0 Å². The average Bonchev–Trinajstić information content (AvgIpc) is 2.30. The van der Waals surface area contributed by atoms with Gasteiger partial charge in [0, 0.05) is 12.0 Å². The van der Waals surface area contributed by atoms with Crippen LogP contribution in [0.25, 0.3) is 0 Å². The van der Waals surface area contributed by atoms with Gasteiger partial charge in [-0.15, -0.1) is 0 Å². The number of Topliss-reactive ketones (excluding diaryl/α,β-unsaturated/α-hetero) is 1. The van der Waals surface area contributed by atoms with E-state index >= 15 is 0 Å². The molecule has 0 radical (unpaired) electrons. The van der Waals surface area contributed by atoms with E-state index in [1.54, 1.807) is 18.2 Å². The third-order valence-corrected chi connectivity index (χ3v) is 3.92. The highest BCUT2D eigenvalue weighted by Crippen LogP contribution is 2.30. The second-order valence-electron chi connectivity index (χ2n) is 5.23. The van der Waals surface area contributed by atoms with Gasteiger partial charge in [-0.1, -0.05) is 43.1 Å². The van der Waals surface area contributed by atoms with E-state index in [2.05, 4.69) is 13.8 Å². The van der Waals surface area contributed by atoms with Crippen molar-refractivity contribution in [2.75, 3.05) is 6.54 Å². The molecule has 2 nitrogen and oxygen atoms in total. The van der Waals surface area contributed by atoms with Crippen molar-refractivity contribution in [2.45, 2.75) is 33.1 Å². The molecular formula is C14H19Cl2NO. The van der Waals surface area contributed by atoms with Crippen molar-refractivity contribution in [3.8, 4) is 0 Å². The Labute approximate surface area is 118 Å². The quantitative estimate of drug-likeness (QED) is 0.792. The third-order valence-electron chi connectivity index (χ3n) is 3.10. The van der Waals surface area contributed by atoms with Crippen LogP contribution in [0.1, 0.15) is 43.5 Å². The molecular weight excluding hydrogens is 269 g/mol. The summed E-state index contributed by atoms with van der Waals surface area (Å²) in [7, 11) is 0. The maximum absolute atomic E-state index is 12.1. The van der Waals surface area contributed by atoms with E-state index in [0.29, 0.717) is 28.6 Å². The molecule has 0 fully saturated rings. The summed E-state index contributed by atoms with van der Waals surface area (Å²) in [6.45, 7) is 4.87. The second-order valence-corrected chi connectivity index (χ2v) is 6.01. The van der Waals surface area contributed by atoms with Crippen LogP contribution in [-0.2, 0) is 0 Å². The third kappa shape index (κ3) is 4.27. The molecule has 0 spiro atoms. The fourth-order valence-corrected chi connectivity index (χ4v) is 2.23. The van der Waals surface area contributed by atoms with Gasteiger partial charge in [0.1, 0.15) is 0 Å². The van der Waals surface area contributed by atoms with Crippen molar-refractivity contribution in [3.63, 3.8) is 0 Å². The Kier molecular flexibility index (Phi) is 5.64. The first kappa shape index (κ1) is 15.5. The molecule has 0 saturated heterocycles. The molecule has 18 heavy (non-hydrogen) atoms. The summed E-state index contributed by atoms with van der Waals surface area (Å²) < 4.78 is 0. The van der Waals surface area contributed by atoms with Crippen LogP contribution in [0.15, 0.2) is 18.2 Å². The number of halogens is 2. The first-order valence-corrected chi connectivity index (χ1v) is 6.80. The van der Waals surface area contributed by atoms with Gasteiger partial charge >= 0.3 is 0 Å². The van der Waals surface area contributed by atoms with Crippen LogP contribution in [0.5, 0.6) is 0 Å². The summed E-state index contributed by atoms with van der Waals surface area (Å²) in [5.74, 6) is 0.0348. The lowest BCUT2D eigenvalue weighted by atomic mass is 9.83. The molecule has 0 aliphatic rings. The Morgan fingerprint density at radius 2 is 1.94 bits per heavy atom. The SMILES string of the molecule is CC(C)(CCN)CCC(=O)c1cccc(Cl)c1Cl. The normalized spacial score (nSPS) is 11.6. The Balaban J connectivity index is 2.69. The van der Waals surface area contributed by atoms with Crippen LogP contribution in [-0.4, -0.2) is 12.3 Å². The number of rotatable bonds is 6. The molecule has 0 aromatic heterocycles. The molecule has 1 rings (SSSR count). The van der Waals surface area contributed by atoms with Crippen molar-refractivity contribution in [3.05, 3.63) is 33.8 Å². The molecule has 0 saturated carbocycles. The summed E-state index contributed by atoms with van der Waals surface area (Å²) >= 11 is 11.9. The predicted molar refractivity (Wildman–Crippen MR) is 77.5 cm³/mol. The highest BCUT2D eigenvalue weighted by Gasteiger charge is 2.20. The standard InChI is InChI=1S/C14H19Cl2NO/c1-14(2,8-9-17)7-6-12(18)10-4-3-5-11(15)13(10)16/h3-5H,6-9,17H2,1-2H3. The van der Waals surface area contributed by atoms with Crippen LogP contribution in [0.4, 0.5) is 0 Å². The number of benzene rings is 1. The van der Waals surface area contributed by atoms with Crippen molar-refractivity contribution in [2.24, 2.45) is 11.1 Å². The van der Waals surface area contributed by atoms with E-state index in [4.69, 9.17) is 28.9 Å². The maximum Gasteiger partial charge on any atom is 0.164 e. The number of carbonyl (C=O) groups excluding carboxylic acids is 1. The van der Waals surface area contributed by atoms with Gasteiger partial charge in [-0.2, -0.15) is 0 Å². The second kappa shape index (κ2) is 6.55. The smallest absolute Gasteiger partial charge is 0.164 e. The van der Waals surface area contributed by atoms with Gasteiger partial charge in [-0.3, -0.25) is 4.79 Å². The topological polar surface area (TPSA) is 43.1 Å². The van der Waals surface area contributed by atoms with Gasteiger partial charge in [0.25, 0.3) is 0 Å². The van der Waals surface area contributed by atoms with Gasteiger partial charge < -0.3 is 5.73 Å². The van der Waals surface area contributed by atoms with Gasteiger partial charge in [-0.25, -0.2) is 0 Å². The van der Waals surface area contributed by atoms with Crippen molar-refractivity contribution in [1.29, 1.82) is 0 Å². The fraction of sp³-hybridized carbons (Fsp3) is 0.500. The van der Waals surface area contributed by atoms with E-state index in [1.165, 1.54) is 0 Å². The molecule has 2 N–H and O–H groups in total. The van der Waals surface area contributed by atoms with E-state index < -0.39 is 0 Å². The van der Waals surface area contributed by atoms with Gasteiger partial charge in [0.2, 0.25) is 0 Å². The highest BCUT2D eigenvalue weighted by molar-refractivity contribution is 6.43. The average molecular weight is 288 g/mol. The Morgan fingerprint density at radius 3 is 2.56 bits per heavy atom. The van der Waals surface area contributed by atoms with E-state index in [0.717, 1.165) is 12.8 Å². The largest absolute Gasteiger partial charge is 0.330 e. The monoisotopic (exact) mass is 287 g/mol. The first-order valence-electron chi connectivity index (χ1n) is 6.05. The molecule has 100 valence electrons. The summed E-state index contributed by atoms with van der Waals surface area (Å²) in [4.78, 5) is 12.1. The number of hydrogen-bond acceptors (Lipinski definition) is 2. The number of carbonyl (C=O) groups is 1. The zero-order chi connectivity index (χ0) is 13.8. The zero-order valence-electron chi connectivity index (χ0n) is 10.8. The van der Waals surface area contributed by atoms with Crippen molar-refractivity contribution < 1.29 is 4.79 Å². The highest BCUT2D eigenvalue weighted by atomic mass is 35.5. The molecule has 1 aromatic carbocycles. The molecule has 0 amide bonds. The first-order chi connectivity index (χ1) is 8.37. The van der Waals surface area contributed by atoms with Crippen LogP contribution < -0.4 is 5.73 Å². The molecule has 0 atom stereocenters. The number of ketones is 1. The summed E-state index contributed by atoms with van der Waals surface area (Å²) in [6.07, 6.45) is 2.17.